The largest absolute Gasteiger partial charge is 0.383 e. The van der Waals surface area contributed by atoms with E-state index < -0.39 is 0 Å². The van der Waals surface area contributed by atoms with Crippen molar-refractivity contribution in [3.05, 3.63) is 69.9 Å². The van der Waals surface area contributed by atoms with Crippen LogP contribution < -0.4 is 5.73 Å². The molecule has 7 nitrogen and oxygen atoms in total. The summed E-state index contributed by atoms with van der Waals surface area (Å²) in [6.07, 6.45) is 5.39. The van der Waals surface area contributed by atoms with Crippen molar-refractivity contribution < 1.29 is 0 Å². The van der Waals surface area contributed by atoms with E-state index >= 15 is 0 Å². The maximum Gasteiger partial charge on any atom is 0.165 e. The number of halogens is 1. The Morgan fingerprint density at radius 3 is 2.69 bits per heavy atom. The van der Waals surface area contributed by atoms with E-state index in [0.29, 0.717) is 5.82 Å². The van der Waals surface area contributed by atoms with E-state index in [4.69, 9.17) is 10.8 Å². The molecular weight excluding hydrogens is 477 g/mol. The lowest BCUT2D eigenvalue weighted by Crippen LogP contribution is -2.11. The van der Waals surface area contributed by atoms with Gasteiger partial charge in [0, 0.05) is 23.5 Å². The van der Waals surface area contributed by atoms with E-state index in [1.807, 2.05) is 35.1 Å². The molecule has 5 aromatic rings. The van der Waals surface area contributed by atoms with E-state index in [-0.39, 0.29) is 6.04 Å². The van der Waals surface area contributed by atoms with E-state index in [2.05, 4.69) is 74.1 Å². The van der Waals surface area contributed by atoms with Crippen LogP contribution >= 0.6 is 22.6 Å². The molecule has 0 aliphatic carbocycles. The van der Waals surface area contributed by atoms with E-state index in [0.717, 1.165) is 37.2 Å². The minimum atomic E-state index is -0.0766. The summed E-state index contributed by atoms with van der Waals surface area (Å²) in [6.45, 7) is 4.28. The second kappa shape index (κ2) is 6.80. The lowest BCUT2D eigenvalue weighted by molar-refractivity contribution is 0.574. The summed E-state index contributed by atoms with van der Waals surface area (Å²) in [4.78, 5) is 13.2. The Bertz CT molecular complexity index is 1350. The van der Waals surface area contributed by atoms with Gasteiger partial charge in [-0.1, -0.05) is 12.1 Å². The van der Waals surface area contributed by atoms with Crippen LogP contribution in [0.1, 0.15) is 24.1 Å². The summed E-state index contributed by atoms with van der Waals surface area (Å²) in [5.74, 6) is 0.446. The molecule has 5 heterocycles. The monoisotopic (exact) mass is 495 g/mol. The number of hydrogen-bond donors (Lipinski definition) is 1. The first-order valence-electron chi connectivity index (χ1n) is 9.23. The third-order valence-electron chi connectivity index (χ3n) is 5.31. The van der Waals surface area contributed by atoms with Crippen LogP contribution in [-0.4, -0.2) is 29.1 Å². The molecule has 0 spiro atoms. The smallest absolute Gasteiger partial charge is 0.165 e. The molecule has 0 saturated heterocycles. The first-order chi connectivity index (χ1) is 14.1. The van der Waals surface area contributed by atoms with Crippen LogP contribution in [0.15, 0.2) is 55.1 Å². The van der Waals surface area contributed by atoms with Gasteiger partial charge >= 0.3 is 0 Å². The van der Waals surface area contributed by atoms with E-state index in [1.54, 1.807) is 0 Å². The minimum Gasteiger partial charge on any atom is -0.383 e. The molecule has 144 valence electrons. The average Bonchev–Trinajstić information content (AvgIpc) is 3.24. The van der Waals surface area contributed by atoms with E-state index in [1.165, 1.54) is 11.9 Å². The Hall–Kier alpha value is -3.01. The standard InChI is InChI=1S/C21H18IN7/c1-12-15-8-4-6-10-28(15)18(14-7-3-5-9-24-14)16(12)13(2)29-21-17(19(22)27-29)20(23)25-11-26-21/h3-11,13H,1-2H3,(H2,23,25,26). The molecule has 2 N–H and O–H groups in total. The maximum atomic E-state index is 6.10. The van der Waals surface area contributed by atoms with Crippen molar-refractivity contribution >= 4 is 45.0 Å². The van der Waals surface area contributed by atoms with Crippen LogP contribution in [0.2, 0.25) is 0 Å². The van der Waals surface area contributed by atoms with E-state index in [9.17, 15) is 0 Å². The highest BCUT2D eigenvalue weighted by molar-refractivity contribution is 14.1. The topological polar surface area (TPSA) is 86.9 Å². The number of aromatic nitrogens is 6. The number of anilines is 1. The molecule has 0 saturated carbocycles. The lowest BCUT2D eigenvalue weighted by atomic mass is 10.0. The summed E-state index contributed by atoms with van der Waals surface area (Å²) in [5.41, 5.74) is 12.3. The predicted molar refractivity (Wildman–Crippen MR) is 122 cm³/mol. The number of rotatable bonds is 3. The predicted octanol–water partition coefficient (Wildman–Crippen LogP) is 4.25. The number of hydrogen-bond acceptors (Lipinski definition) is 5. The Balaban J connectivity index is 1.82. The van der Waals surface area contributed by atoms with Crippen LogP contribution in [0.5, 0.6) is 0 Å². The Morgan fingerprint density at radius 2 is 1.90 bits per heavy atom. The summed E-state index contributed by atoms with van der Waals surface area (Å²) >= 11 is 2.19. The van der Waals surface area contributed by atoms with Crippen molar-refractivity contribution in [2.24, 2.45) is 0 Å². The quantitative estimate of drug-likeness (QED) is 0.379. The molecule has 5 rings (SSSR count). The van der Waals surface area contributed by atoms with Gasteiger partial charge in [-0.2, -0.15) is 5.10 Å². The third kappa shape index (κ3) is 2.70. The molecule has 0 amide bonds. The first kappa shape index (κ1) is 18.0. The summed E-state index contributed by atoms with van der Waals surface area (Å²) in [7, 11) is 0. The molecule has 0 aliphatic heterocycles. The van der Waals surface area contributed by atoms with Gasteiger partial charge in [-0.15, -0.1) is 0 Å². The number of nitrogens with zero attached hydrogens (tertiary/aromatic N) is 6. The number of aryl methyl sites for hydroxylation is 1. The highest BCUT2D eigenvalue weighted by atomic mass is 127. The SMILES string of the molecule is Cc1c(C(C)n2nc(I)c3c(N)ncnc32)c(-c2ccccn2)n2ccccc12. The fraction of sp³-hybridized carbons (Fsp3) is 0.143. The number of fused-ring (bicyclic) bond motifs is 2. The normalized spacial score (nSPS) is 12.7. The summed E-state index contributed by atoms with van der Waals surface area (Å²) in [6, 6.07) is 12.1. The second-order valence-electron chi connectivity index (χ2n) is 6.93. The third-order valence-corrected chi connectivity index (χ3v) is 6.07. The zero-order valence-corrected chi connectivity index (χ0v) is 18.1. The molecule has 0 bridgehead atoms. The van der Waals surface area contributed by atoms with Gasteiger partial charge in [0.15, 0.2) is 5.65 Å². The first-order valence-corrected chi connectivity index (χ1v) is 10.3. The van der Waals surface area contributed by atoms with Crippen LogP contribution in [0.3, 0.4) is 0 Å². The number of pyridine rings is 2. The Labute approximate surface area is 180 Å². The minimum absolute atomic E-state index is 0.0766. The van der Waals surface area contributed by atoms with Gasteiger partial charge < -0.3 is 10.1 Å². The average molecular weight is 495 g/mol. The van der Waals surface area contributed by atoms with Gasteiger partial charge in [-0.3, -0.25) is 4.98 Å². The molecule has 29 heavy (non-hydrogen) atoms. The Morgan fingerprint density at radius 1 is 1.07 bits per heavy atom. The number of nitrogen functional groups attached to an aromatic ring is 1. The Kier molecular flexibility index (Phi) is 4.23. The fourth-order valence-electron chi connectivity index (χ4n) is 4.01. The van der Waals surface area contributed by atoms with Crippen molar-refractivity contribution in [2.45, 2.75) is 19.9 Å². The highest BCUT2D eigenvalue weighted by Gasteiger charge is 2.26. The van der Waals surface area contributed by atoms with Gasteiger partial charge in [0.1, 0.15) is 15.8 Å². The molecule has 0 radical (unpaired) electrons. The van der Waals surface area contributed by atoms with Crippen LogP contribution in [0, 0.1) is 10.6 Å². The molecular formula is C21H18IN7. The van der Waals surface area contributed by atoms with Crippen molar-refractivity contribution in [2.75, 3.05) is 5.73 Å². The molecule has 0 aliphatic rings. The molecule has 0 aromatic carbocycles. The van der Waals surface area contributed by atoms with Gasteiger partial charge in [-0.05, 0) is 66.3 Å². The van der Waals surface area contributed by atoms with Crippen molar-refractivity contribution in [3.8, 4) is 11.4 Å². The lowest BCUT2D eigenvalue weighted by Gasteiger charge is -2.16. The van der Waals surface area contributed by atoms with Gasteiger partial charge in [-0.25, -0.2) is 14.6 Å². The molecule has 1 atom stereocenters. The van der Waals surface area contributed by atoms with Crippen LogP contribution in [0.25, 0.3) is 27.9 Å². The van der Waals surface area contributed by atoms with Crippen molar-refractivity contribution in [3.63, 3.8) is 0 Å². The van der Waals surface area contributed by atoms with Gasteiger partial charge in [0.05, 0.1) is 22.8 Å². The van der Waals surface area contributed by atoms with Crippen molar-refractivity contribution in [1.29, 1.82) is 0 Å². The zero-order valence-electron chi connectivity index (χ0n) is 15.9. The fourth-order valence-corrected chi connectivity index (χ4v) is 4.76. The van der Waals surface area contributed by atoms with Crippen LogP contribution in [-0.2, 0) is 0 Å². The van der Waals surface area contributed by atoms with Gasteiger partial charge in [0.2, 0.25) is 0 Å². The summed E-state index contributed by atoms with van der Waals surface area (Å²) < 4.78 is 4.93. The molecule has 1 unspecified atom stereocenters. The zero-order chi connectivity index (χ0) is 20.1. The molecule has 5 aromatic heterocycles. The maximum absolute atomic E-state index is 6.10. The molecule has 8 heteroatoms. The van der Waals surface area contributed by atoms with Crippen molar-refractivity contribution in [1.82, 2.24) is 29.1 Å². The highest BCUT2D eigenvalue weighted by Crippen LogP contribution is 2.37. The number of nitrogens with two attached hydrogens (primary N) is 1. The van der Waals surface area contributed by atoms with Crippen LogP contribution in [0.4, 0.5) is 5.82 Å². The second-order valence-corrected chi connectivity index (χ2v) is 7.95. The summed E-state index contributed by atoms with van der Waals surface area (Å²) in [5, 5.41) is 5.56. The molecule has 0 fully saturated rings. The van der Waals surface area contributed by atoms with Gasteiger partial charge in [0.25, 0.3) is 0 Å².